The number of para-hydroxylation sites is 1. The Balaban J connectivity index is 1.85. The zero-order chi connectivity index (χ0) is 13.9. The number of nitrogens with zero attached hydrogens (tertiary/aromatic N) is 1. The fourth-order valence-corrected chi connectivity index (χ4v) is 2.79. The summed E-state index contributed by atoms with van der Waals surface area (Å²) in [7, 11) is 0. The minimum Gasteiger partial charge on any atom is -0.384 e. The number of halogens is 1. The summed E-state index contributed by atoms with van der Waals surface area (Å²) in [6.45, 7) is 4.89. The molecule has 2 nitrogen and oxygen atoms in total. The molecule has 0 unspecified atom stereocenters. The van der Waals surface area contributed by atoms with Gasteiger partial charge in [-0.15, -0.1) is 0 Å². The fraction of sp³-hybridized carbons (Fsp3) is 0.294. The molecule has 1 aliphatic rings. The van der Waals surface area contributed by atoms with Gasteiger partial charge in [0, 0.05) is 31.0 Å². The molecule has 2 aromatic rings. The van der Waals surface area contributed by atoms with Crippen molar-refractivity contribution in [1.29, 1.82) is 0 Å². The molecule has 0 atom stereocenters. The number of hydrogen-bond donors (Lipinski definition) is 1. The van der Waals surface area contributed by atoms with Gasteiger partial charge in [-0.2, -0.15) is 0 Å². The minimum atomic E-state index is -0.188. The van der Waals surface area contributed by atoms with Gasteiger partial charge in [0.05, 0.1) is 0 Å². The number of rotatable bonds is 4. The molecule has 104 valence electrons. The van der Waals surface area contributed by atoms with Gasteiger partial charge in [0.25, 0.3) is 0 Å². The smallest absolute Gasteiger partial charge is 0.123 e. The Bertz CT molecular complexity index is 592. The van der Waals surface area contributed by atoms with Crippen molar-refractivity contribution in [2.45, 2.75) is 19.9 Å². The van der Waals surface area contributed by atoms with Gasteiger partial charge in [-0.3, -0.25) is 0 Å². The van der Waals surface area contributed by atoms with E-state index in [4.69, 9.17) is 0 Å². The first kappa shape index (κ1) is 13.0. The summed E-state index contributed by atoms with van der Waals surface area (Å²) in [6.07, 6.45) is 1.10. The van der Waals surface area contributed by atoms with Gasteiger partial charge >= 0.3 is 0 Å². The van der Waals surface area contributed by atoms with Crippen molar-refractivity contribution in [1.82, 2.24) is 0 Å². The van der Waals surface area contributed by atoms with E-state index >= 15 is 0 Å². The van der Waals surface area contributed by atoms with Crippen LogP contribution in [0.25, 0.3) is 0 Å². The van der Waals surface area contributed by atoms with Crippen molar-refractivity contribution in [2.75, 3.05) is 23.3 Å². The summed E-state index contributed by atoms with van der Waals surface area (Å²) in [6, 6.07) is 13.2. The third-order valence-corrected chi connectivity index (χ3v) is 3.87. The van der Waals surface area contributed by atoms with Crippen LogP contribution in [-0.4, -0.2) is 13.1 Å². The quantitative estimate of drug-likeness (QED) is 0.908. The van der Waals surface area contributed by atoms with E-state index in [1.165, 1.54) is 28.9 Å². The van der Waals surface area contributed by atoms with Crippen LogP contribution in [-0.2, 0) is 13.0 Å². The average Bonchev–Trinajstić information content (AvgIpc) is 2.95. The van der Waals surface area contributed by atoms with E-state index in [2.05, 4.69) is 35.3 Å². The molecule has 0 radical (unpaired) electrons. The van der Waals surface area contributed by atoms with E-state index in [9.17, 15) is 4.39 Å². The Hall–Kier alpha value is -2.03. The molecule has 0 bridgehead atoms. The maximum atomic E-state index is 13.0. The predicted molar refractivity (Wildman–Crippen MR) is 81.8 cm³/mol. The van der Waals surface area contributed by atoms with Crippen LogP contribution in [0.3, 0.4) is 0 Å². The van der Waals surface area contributed by atoms with Crippen LogP contribution in [0.4, 0.5) is 15.8 Å². The van der Waals surface area contributed by atoms with Gasteiger partial charge in [0.15, 0.2) is 0 Å². The van der Waals surface area contributed by atoms with E-state index in [0.29, 0.717) is 0 Å². The highest BCUT2D eigenvalue weighted by molar-refractivity contribution is 5.62. The molecular formula is C17H19FN2. The molecule has 0 fully saturated rings. The lowest BCUT2D eigenvalue weighted by molar-refractivity contribution is 0.627. The van der Waals surface area contributed by atoms with Crippen LogP contribution < -0.4 is 10.2 Å². The second kappa shape index (κ2) is 5.53. The van der Waals surface area contributed by atoms with E-state index in [1.807, 2.05) is 12.1 Å². The van der Waals surface area contributed by atoms with Gasteiger partial charge in [0.1, 0.15) is 5.82 Å². The summed E-state index contributed by atoms with van der Waals surface area (Å²) >= 11 is 0. The normalized spacial score (nSPS) is 12.9. The van der Waals surface area contributed by atoms with Gasteiger partial charge < -0.3 is 10.2 Å². The lowest BCUT2D eigenvalue weighted by Gasteiger charge is -2.24. The molecule has 0 aliphatic carbocycles. The Morgan fingerprint density at radius 1 is 1.15 bits per heavy atom. The number of benzene rings is 2. The standard InChI is InChI=1S/C17H19FN2/c1-2-20(16-8-6-15(18)7-9-16)12-14-5-3-4-13-10-11-19-17(13)14/h3-9,19H,2,10-12H2,1H3. The highest BCUT2D eigenvalue weighted by Crippen LogP contribution is 2.28. The van der Waals surface area contributed by atoms with Crippen LogP contribution in [0.5, 0.6) is 0 Å². The zero-order valence-corrected chi connectivity index (χ0v) is 11.7. The van der Waals surface area contributed by atoms with Crippen molar-refractivity contribution >= 4 is 11.4 Å². The summed E-state index contributed by atoms with van der Waals surface area (Å²) in [5.41, 5.74) is 5.06. The molecule has 1 heterocycles. The number of anilines is 2. The van der Waals surface area contributed by atoms with Gasteiger partial charge in [-0.05, 0) is 48.7 Å². The maximum absolute atomic E-state index is 13.0. The fourth-order valence-electron chi connectivity index (χ4n) is 2.79. The van der Waals surface area contributed by atoms with Crippen molar-refractivity contribution in [2.24, 2.45) is 0 Å². The first-order valence-corrected chi connectivity index (χ1v) is 7.13. The Morgan fingerprint density at radius 2 is 1.95 bits per heavy atom. The van der Waals surface area contributed by atoms with Crippen LogP contribution in [0.15, 0.2) is 42.5 Å². The monoisotopic (exact) mass is 270 g/mol. The second-order valence-electron chi connectivity index (χ2n) is 5.12. The maximum Gasteiger partial charge on any atom is 0.123 e. The van der Waals surface area contributed by atoms with Crippen molar-refractivity contribution in [3.05, 3.63) is 59.4 Å². The van der Waals surface area contributed by atoms with E-state index in [1.54, 1.807) is 0 Å². The molecule has 20 heavy (non-hydrogen) atoms. The molecule has 0 amide bonds. The van der Waals surface area contributed by atoms with Crippen LogP contribution in [0.1, 0.15) is 18.1 Å². The zero-order valence-electron chi connectivity index (χ0n) is 11.7. The first-order chi connectivity index (χ1) is 9.78. The lowest BCUT2D eigenvalue weighted by Crippen LogP contribution is -2.22. The SMILES string of the molecule is CCN(Cc1cccc2c1NCC2)c1ccc(F)cc1. The van der Waals surface area contributed by atoms with E-state index in [0.717, 1.165) is 31.7 Å². The predicted octanol–water partition coefficient (Wildman–Crippen LogP) is 3.82. The van der Waals surface area contributed by atoms with Crippen LogP contribution in [0.2, 0.25) is 0 Å². The number of nitrogens with one attached hydrogen (secondary N) is 1. The van der Waals surface area contributed by atoms with Crippen molar-refractivity contribution in [3.63, 3.8) is 0 Å². The van der Waals surface area contributed by atoms with Crippen LogP contribution >= 0.6 is 0 Å². The topological polar surface area (TPSA) is 15.3 Å². The summed E-state index contributed by atoms with van der Waals surface area (Å²) in [5.74, 6) is -0.188. The lowest BCUT2D eigenvalue weighted by atomic mass is 10.1. The molecule has 0 spiro atoms. The number of fused-ring (bicyclic) bond motifs is 1. The van der Waals surface area contributed by atoms with E-state index < -0.39 is 0 Å². The molecule has 1 N–H and O–H groups in total. The van der Waals surface area contributed by atoms with Crippen molar-refractivity contribution in [3.8, 4) is 0 Å². The summed E-state index contributed by atoms with van der Waals surface area (Å²) < 4.78 is 13.0. The van der Waals surface area contributed by atoms with Crippen LogP contribution in [0, 0.1) is 5.82 Å². The number of hydrogen-bond acceptors (Lipinski definition) is 2. The van der Waals surface area contributed by atoms with Gasteiger partial charge in [-0.25, -0.2) is 4.39 Å². The largest absolute Gasteiger partial charge is 0.384 e. The molecule has 0 aromatic heterocycles. The Kier molecular flexibility index (Phi) is 3.59. The summed E-state index contributed by atoms with van der Waals surface area (Å²) in [4.78, 5) is 2.26. The molecule has 2 aromatic carbocycles. The molecule has 1 aliphatic heterocycles. The van der Waals surface area contributed by atoms with Gasteiger partial charge in [0.2, 0.25) is 0 Å². The Labute approximate surface area is 119 Å². The van der Waals surface area contributed by atoms with E-state index in [-0.39, 0.29) is 5.82 Å². The average molecular weight is 270 g/mol. The molecule has 0 saturated heterocycles. The third-order valence-electron chi connectivity index (χ3n) is 3.87. The Morgan fingerprint density at radius 3 is 2.70 bits per heavy atom. The first-order valence-electron chi connectivity index (χ1n) is 7.13. The molecule has 3 heteroatoms. The highest BCUT2D eigenvalue weighted by atomic mass is 19.1. The van der Waals surface area contributed by atoms with Crippen molar-refractivity contribution < 1.29 is 4.39 Å². The second-order valence-corrected chi connectivity index (χ2v) is 5.12. The molecule has 3 rings (SSSR count). The molecular weight excluding hydrogens is 251 g/mol. The highest BCUT2D eigenvalue weighted by Gasteiger charge is 2.15. The summed E-state index contributed by atoms with van der Waals surface area (Å²) in [5, 5.41) is 3.47. The van der Waals surface area contributed by atoms with Gasteiger partial charge in [-0.1, -0.05) is 18.2 Å². The third kappa shape index (κ3) is 2.48. The minimum absolute atomic E-state index is 0.188. The molecule has 0 saturated carbocycles.